The molecule has 0 unspecified atom stereocenters. The van der Waals surface area contributed by atoms with E-state index in [9.17, 15) is 24.8 Å². The molecule has 142 valence electrons. The van der Waals surface area contributed by atoms with Crippen molar-refractivity contribution in [1.29, 1.82) is 0 Å². The summed E-state index contributed by atoms with van der Waals surface area (Å²) in [5.41, 5.74) is 0.828. The highest BCUT2D eigenvalue weighted by atomic mass is 32.2. The van der Waals surface area contributed by atoms with Crippen LogP contribution in [0.5, 0.6) is 5.75 Å². The Hall–Kier alpha value is -3.66. The smallest absolute Gasteiger partial charge is 0.337 e. The number of nitro benzene ring substituents is 1. The van der Waals surface area contributed by atoms with Crippen molar-refractivity contribution in [3.8, 4) is 5.75 Å². The summed E-state index contributed by atoms with van der Waals surface area (Å²) >= 11 is 1.02. The first-order valence-electron chi connectivity index (χ1n) is 7.83. The number of methoxy groups -OCH3 is 1. The number of amidine groups is 1. The van der Waals surface area contributed by atoms with Crippen LogP contribution in [0.3, 0.4) is 0 Å². The third-order valence-electron chi connectivity index (χ3n) is 3.68. The van der Waals surface area contributed by atoms with E-state index in [1.807, 2.05) is 0 Å². The number of aromatic hydroxyl groups is 1. The number of phenolic OH excluding ortho intramolecular Hbond substituents is 1. The number of non-ortho nitro benzene ring substituents is 1. The lowest BCUT2D eigenvalue weighted by Crippen LogP contribution is -2.19. The second kappa shape index (κ2) is 7.92. The van der Waals surface area contributed by atoms with Gasteiger partial charge in [0.1, 0.15) is 5.75 Å². The molecule has 1 aliphatic rings. The summed E-state index contributed by atoms with van der Waals surface area (Å²) in [6.45, 7) is 0. The normalized spacial score (nSPS) is 16.2. The fourth-order valence-electron chi connectivity index (χ4n) is 2.30. The predicted molar refractivity (Wildman–Crippen MR) is 103 cm³/mol. The maximum absolute atomic E-state index is 12.1. The van der Waals surface area contributed by atoms with Crippen molar-refractivity contribution < 1.29 is 24.4 Å². The molecule has 0 radical (unpaired) electrons. The molecule has 0 saturated carbocycles. The van der Waals surface area contributed by atoms with Gasteiger partial charge in [0, 0.05) is 17.7 Å². The number of carbonyl (C=O) groups is 2. The lowest BCUT2D eigenvalue weighted by molar-refractivity contribution is -0.384. The Labute approximate surface area is 162 Å². The molecular formula is C18H13N3O6S. The summed E-state index contributed by atoms with van der Waals surface area (Å²) in [5, 5.41) is 23.6. The zero-order valence-electron chi connectivity index (χ0n) is 14.4. The Kier molecular flexibility index (Phi) is 5.41. The molecule has 3 rings (SSSR count). The summed E-state index contributed by atoms with van der Waals surface area (Å²) in [6, 6.07) is 9.83. The van der Waals surface area contributed by atoms with Crippen LogP contribution in [0, 0.1) is 10.1 Å². The lowest BCUT2D eigenvalue weighted by Gasteiger charge is -2.00. The van der Waals surface area contributed by atoms with Gasteiger partial charge in [0.15, 0.2) is 5.17 Å². The molecule has 0 bridgehead atoms. The third kappa shape index (κ3) is 4.18. The van der Waals surface area contributed by atoms with Crippen LogP contribution in [0.15, 0.2) is 52.4 Å². The molecule has 1 aliphatic heterocycles. The van der Waals surface area contributed by atoms with Crippen molar-refractivity contribution in [2.75, 3.05) is 7.11 Å². The molecule has 0 spiro atoms. The molecule has 1 saturated heterocycles. The first-order chi connectivity index (χ1) is 13.4. The molecule has 0 aromatic heterocycles. The van der Waals surface area contributed by atoms with Gasteiger partial charge >= 0.3 is 5.97 Å². The number of rotatable bonds is 4. The highest BCUT2D eigenvalue weighted by Crippen LogP contribution is 2.31. The number of hydrogen-bond donors (Lipinski definition) is 2. The van der Waals surface area contributed by atoms with Crippen molar-refractivity contribution in [2.45, 2.75) is 0 Å². The van der Waals surface area contributed by atoms with E-state index in [4.69, 9.17) is 0 Å². The molecule has 2 N–H and O–H groups in total. The minimum absolute atomic E-state index is 0.149. The first-order valence-corrected chi connectivity index (χ1v) is 8.64. The fraction of sp³-hybridized carbons (Fsp3) is 0.0556. The van der Waals surface area contributed by atoms with Gasteiger partial charge in [-0.25, -0.2) is 9.79 Å². The SMILES string of the molecule is COC(=O)c1ccc(N=C2NC(=O)/C(=C/c3cc([N+](=O)[O-])ccc3O)S2)cc1. The number of carbonyl (C=O) groups excluding carboxylic acids is 2. The molecule has 1 heterocycles. The summed E-state index contributed by atoms with van der Waals surface area (Å²) in [7, 11) is 1.29. The van der Waals surface area contributed by atoms with Gasteiger partial charge in [-0.05, 0) is 48.2 Å². The number of hydrogen-bond acceptors (Lipinski definition) is 8. The van der Waals surface area contributed by atoms with Crippen LogP contribution < -0.4 is 5.32 Å². The average molecular weight is 399 g/mol. The van der Waals surface area contributed by atoms with Crippen LogP contribution in [-0.4, -0.2) is 34.2 Å². The second-order valence-corrected chi connectivity index (χ2v) is 6.55. The maximum atomic E-state index is 12.1. The van der Waals surface area contributed by atoms with Crippen molar-refractivity contribution >= 4 is 46.3 Å². The topological polar surface area (TPSA) is 131 Å². The number of nitro groups is 1. The third-order valence-corrected chi connectivity index (χ3v) is 4.59. The molecule has 1 fully saturated rings. The molecule has 10 heteroatoms. The van der Waals surface area contributed by atoms with Crippen molar-refractivity contribution in [3.05, 3.63) is 68.6 Å². The number of thioether (sulfide) groups is 1. The van der Waals surface area contributed by atoms with Crippen LogP contribution in [0.2, 0.25) is 0 Å². The zero-order valence-corrected chi connectivity index (χ0v) is 15.2. The standard InChI is InChI=1S/C18H13N3O6S/c1-27-17(24)10-2-4-12(5-3-10)19-18-20-16(23)15(28-18)9-11-8-13(21(25)26)6-7-14(11)22/h2-9,22H,1H3,(H,19,20,23)/b15-9-. The molecule has 0 atom stereocenters. The number of esters is 1. The van der Waals surface area contributed by atoms with E-state index in [1.165, 1.54) is 31.4 Å². The van der Waals surface area contributed by atoms with Crippen LogP contribution >= 0.6 is 11.8 Å². The van der Waals surface area contributed by atoms with E-state index in [-0.39, 0.29) is 21.9 Å². The minimum atomic E-state index is -0.589. The Morgan fingerprint density at radius 3 is 2.64 bits per heavy atom. The predicted octanol–water partition coefficient (Wildman–Crippen LogP) is 2.98. The Morgan fingerprint density at radius 1 is 1.29 bits per heavy atom. The quantitative estimate of drug-likeness (QED) is 0.350. The summed E-state index contributed by atoms with van der Waals surface area (Å²) in [4.78, 5) is 38.4. The lowest BCUT2D eigenvalue weighted by atomic mass is 10.1. The summed E-state index contributed by atoms with van der Waals surface area (Å²) in [5.74, 6) is -1.10. The maximum Gasteiger partial charge on any atom is 0.337 e. The highest BCUT2D eigenvalue weighted by Gasteiger charge is 2.24. The van der Waals surface area contributed by atoms with E-state index in [0.29, 0.717) is 16.4 Å². The number of amides is 1. The van der Waals surface area contributed by atoms with Crippen LogP contribution in [-0.2, 0) is 9.53 Å². The molecular weight excluding hydrogens is 386 g/mol. The number of benzene rings is 2. The number of phenols is 1. The van der Waals surface area contributed by atoms with Crippen molar-refractivity contribution in [2.24, 2.45) is 4.99 Å². The van der Waals surface area contributed by atoms with E-state index in [0.717, 1.165) is 11.8 Å². The Bertz CT molecular complexity index is 1030. The van der Waals surface area contributed by atoms with E-state index in [1.54, 1.807) is 24.3 Å². The van der Waals surface area contributed by atoms with Gasteiger partial charge < -0.3 is 15.2 Å². The average Bonchev–Trinajstić information content (AvgIpc) is 3.02. The molecule has 9 nitrogen and oxygen atoms in total. The van der Waals surface area contributed by atoms with Crippen LogP contribution in [0.4, 0.5) is 11.4 Å². The van der Waals surface area contributed by atoms with Gasteiger partial charge in [-0.2, -0.15) is 0 Å². The number of aliphatic imine (C=N–C) groups is 1. The Morgan fingerprint density at radius 2 is 2.00 bits per heavy atom. The van der Waals surface area contributed by atoms with Crippen molar-refractivity contribution in [1.82, 2.24) is 5.32 Å². The summed E-state index contributed by atoms with van der Waals surface area (Å²) in [6.07, 6.45) is 1.35. The van der Waals surface area contributed by atoms with Gasteiger partial charge in [0.2, 0.25) is 0 Å². The molecule has 2 aromatic rings. The monoisotopic (exact) mass is 399 g/mol. The largest absolute Gasteiger partial charge is 0.507 e. The Balaban J connectivity index is 1.83. The fourth-order valence-corrected chi connectivity index (χ4v) is 3.13. The summed E-state index contributed by atoms with van der Waals surface area (Å²) < 4.78 is 4.62. The van der Waals surface area contributed by atoms with Gasteiger partial charge in [0.05, 0.1) is 28.2 Å². The van der Waals surface area contributed by atoms with Gasteiger partial charge in [-0.1, -0.05) is 0 Å². The minimum Gasteiger partial charge on any atom is -0.507 e. The van der Waals surface area contributed by atoms with Gasteiger partial charge in [-0.15, -0.1) is 0 Å². The number of nitrogens with zero attached hydrogens (tertiary/aromatic N) is 2. The zero-order chi connectivity index (χ0) is 20.3. The number of nitrogens with one attached hydrogen (secondary N) is 1. The van der Waals surface area contributed by atoms with Gasteiger partial charge in [-0.3, -0.25) is 14.9 Å². The van der Waals surface area contributed by atoms with Crippen LogP contribution in [0.25, 0.3) is 6.08 Å². The van der Waals surface area contributed by atoms with Crippen LogP contribution in [0.1, 0.15) is 15.9 Å². The molecule has 0 aliphatic carbocycles. The molecule has 2 aromatic carbocycles. The van der Waals surface area contributed by atoms with E-state index < -0.39 is 16.8 Å². The molecule has 1 amide bonds. The molecule has 28 heavy (non-hydrogen) atoms. The van der Waals surface area contributed by atoms with Gasteiger partial charge in [0.25, 0.3) is 11.6 Å². The first kappa shape index (κ1) is 19.1. The van der Waals surface area contributed by atoms with E-state index >= 15 is 0 Å². The second-order valence-electron chi connectivity index (χ2n) is 5.52. The van der Waals surface area contributed by atoms with Crippen molar-refractivity contribution in [3.63, 3.8) is 0 Å². The number of ether oxygens (including phenoxy) is 1. The highest BCUT2D eigenvalue weighted by molar-refractivity contribution is 8.18. The van der Waals surface area contributed by atoms with E-state index in [2.05, 4.69) is 15.0 Å².